The lowest BCUT2D eigenvalue weighted by Crippen LogP contribution is -2.73. The van der Waals surface area contributed by atoms with Crippen LogP contribution >= 0.6 is 0 Å². The predicted octanol–water partition coefficient (Wildman–Crippen LogP) is 5.82. The van der Waals surface area contributed by atoms with Gasteiger partial charge in [-0.15, -0.1) is 23.0 Å². The van der Waals surface area contributed by atoms with Crippen molar-refractivity contribution < 1.29 is 65.9 Å². The molecule has 0 aromatic heterocycles. The average molecular weight is 567 g/mol. The molecule has 0 amide bonds. The van der Waals surface area contributed by atoms with Crippen LogP contribution in [0.25, 0.3) is 0 Å². The Labute approximate surface area is 201 Å². The van der Waals surface area contributed by atoms with E-state index in [1.54, 1.807) is 0 Å². The van der Waals surface area contributed by atoms with Crippen molar-refractivity contribution in [2.24, 2.45) is 0 Å². The molecule has 38 heavy (non-hydrogen) atoms. The molecule has 3 aromatic rings. The van der Waals surface area contributed by atoms with Crippen LogP contribution in [-0.2, 0) is 0 Å². The summed E-state index contributed by atoms with van der Waals surface area (Å²) in [6.07, 6.45) is -7.63. The Morgan fingerprint density at radius 1 is 0.368 bits per heavy atom. The first-order valence-electron chi connectivity index (χ1n) is 9.93. The van der Waals surface area contributed by atoms with Gasteiger partial charge in [-0.25, -0.2) is 65.9 Å². The minimum absolute atomic E-state index is 0.626. The van der Waals surface area contributed by atoms with Crippen LogP contribution in [0.5, 0.6) is 0 Å². The number of hydrogen-bond donors (Lipinski definition) is 0. The first kappa shape index (κ1) is 29.0. The fourth-order valence-corrected chi connectivity index (χ4v) is 4.40. The fourth-order valence-electron chi connectivity index (χ4n) is 4.40. The Balaban J connectivity index is 2.87. The smallest absolute Gasteiger partial charge is 0.200 e. The molecule has 0 aliphatic rings. The van der Waals surface area contributed by atoms with Crippen molar-refractivity contribution in [3.8, 4) is 0 Å². The van der Waals surface area contributed by atoms with E-state index in [4.69, 9.17) is 0 Å². The molecule has 204 valence electrons. The van der Waals surface area contributed by atoms with Gasteiger partial charge in [0.2, 0.25) is 0 Å². The second kappa shape index (κ2) is 9.95. The zero-order valence-electron chi connectivity index (χ0n) is 17.9. The molecule has 0 heterocycles. The van der Waals surface area contributed by atoms with Crippen molar-refractivity contribution in [2.75, 3.05) is 0 Å². The van der Waals surface area contributed by atoms with E-state index in [1.807, 2.05) is 0 Å². The van der Waals surface area contributed by atoms with Crippen LogP contribution in [0.15, 0.2) is 12.7 Å². The minimum Gasteiger partial charge on any atom is -0.207 e. The van der Waals surface area contributed by atoms with Crippen molar-refractivity contribution in [1.82, 2.24) is 0 Å². The summed E-state index contributed by atoms with van der Waals surface area (Å²) in [5.74, 6) is -45.1. The van der Waals surface area contributed by atoms with Gasteiger partial charge in [-0.1, -0.05) is 12.5 Å². The molecule has 0 aliphatic carbocycles. The maximum Gasteiger partial charge on any atom is 0.200 e. The summed E-state index contributed by atoms with van der Waals surface area (Å²) in [6, 6.07) is 0. The van der Waals surface area contributed by atoms with Gasteiger partial charge in [-0.3, -0.25) is 0 Å². The molecule has 0 aliphatic heterocycles. The maximum atomic E-state index is 15.0. The Bertz CT molecular complexity index is 1240. The number of hydrogen-bond acceptors (Lipinski definition) is 0. The van der Waals surface area contributed by atoms with E-state index in [0.717, 1.165) is 0 Å². The summed E-state index contributed by atoms with van der Waals surface area (Å²) in [4.78, 5) is 0. The molecule has 0 bridgehead atoms. The molecule has 0 atom stereocenters. The van der Waals surface area contributed by atoms with Crippen molar-refractivity contribution in [3.05, 3.63) is 99.9 Å². The number of benzene rings is 3. The second-order valence-electron chi connectivity index (χ2n) is 7.86. The van der Waals surface area contributed by atoms with E-state index in [0.29, 0.717) is 6.08 Å². The van der Waals surface area contributed by atoms with Gasteiger partial charge in [-0.05, 0) is 0 Å². The molecule has 3 rings (SSSR count). The summed E-state index contributed by atoms with van der Waals surface area (Å²) >= 11 is 0. The molecule has 3 aromatic carbocycles. The molecule has 0 N–H and O–H groups in total. The first-order chi connectivity index (χ1) is 17.6. The van der Waals surface area contributed by atoms with Gasteiger partial charge in [0.1, 0.15) is 41.0 Å². The molecule has 0 nitrogen and oxygen atoms in total. The van der Waals surface area contributed by atoms with Crippen LogP contribution < -0.4 is 16.4 Å². The molecule has 16 heteroatoms. The summed E-state index contributed by atoms with van der Waals surface area (Å²) in [5, 5.41) is 0. The summed E-state index contributed by atoms with van der Waals surface area (Å²) in [5.41, 5.74) is -7.85. The zero-order valence-corrected chi connectivity index (χ0v) is 17.9. The van der Waals surface area contributed by atoms with Crippen molar-refractivity contribution in [2.45, 2.75) is 12.7 Å². The molecule has 0 saturated carbocycles. The van der Waals surface area contributed by atoms with Gasteiger partial charge in [0.05, 0.1) is 0 Å². The molecule has 0 unspecified atom stereocenters. The Morgan fingerprint density at radius 2 is 0.553 bits per heavy atom. The highest BCUT2D eigenvalue weighted by Crippen LogP contribution is 2.30. The largest absolute Gasteiger partial charge is 0.207 e. The molecular weight excluding hydrogens is 560 g/mol. The fraction of sp³-hybridized carbons (Fsp3) is 0.0909. The summed E-state index contributed by atoms with van der Waals surface area (Å²) in [7, 11) is 0. The van der Waals surface area contributed by atoms with Crippen LogP contribution in [0.4, 0.5) is 65.9 Å². The van der Waals surface area contributed by atoms with E-state index in [1.165, 1.54) is 0 Å². The SMILES string of the molecule is C=CCC[B-](c1c(F)c(F)c(F)c(F)c1F)(c1c(F)c(F)c(F)c(F)c1F)c1c(F)c(F)c(F)c(F)c1F. The lowest BCUT2D eigenvalue weighted by atomic mass is 9.13. The third-order valence-corrected chi connectivity index (χ3v) is 6.01. The van der Waals surface area contributed by atoms with Crippen LogP contribution in [0.3, 0.4) is 0 Å². The van der Waals surface area contributed by atoms with Gasteiger partial charge in [-0.2, -0.15) is 6.32 Å². The maximum absolute atomic E-state index is 15.0. The predicted molar refractivity (Wildman–Crippen MR) is 103 cm³/mol. The average Bonchev–Trinajstić information content (AvgIpc) is 2.89. The number of allylic oxidation sites excluding steroid dienone is 1. The zero-order chi connectivity index (χ0) is 29.0. The normalized spacial score (nSPS) is 11.9. The van der Waals surface area contributed by atoms with Crippen LogP contribution in [0.1, 0.15) is 6.42 Å². The van der Waals surface area contributed by atoms with Gasteiger partial charge in [0.25, 0.3) is 0 Å². The lowest BCUT2D eigenvalue weighted by Gasteiger charge is -2.43. The topological polar surface area (TPSA) is 0 Å². The summed E-state index contributed by atoms with van der Waals surface area (Å²) < 4.78 is 217. The number of halogens is 15. The van der Waals surface area contributed by atoms with E-state index in [-0.39, 0.29) is 0 Å². The molecule has 0 fully saturated rings. The van der Waals surface area contributed by atoms with Crippen LogP contribution in [-0.4, -0.2) is 6.15 Å². The summed E-state index contributed by atoms with van der Waals surface area (Å²) in [6.45, 7) is 3.05. The molecule has 0 saturated heterocycles. The molecule has 0 spiro atoms. The third-order valence-electron chi connectivity index (χ3n) is 6.01. The first-order valence-corrected chi connectivity index (χ1v) is 9.93. The second-order valence-corrected chi connectivity index (χ2v) is 7.86. The number of rotatable bonds is 6. The molecule has 0 radical (unpaired) electrons. The van der Waals surface area contributed by atoms with E-state index < -0.39 is 123 Å². The quantitative estimate of drug-likeness (QED) is 0.116. The minimum atomic E-state index is -5.49. The van der Waals surface area contributed by atoms with E-state index in [9.17, 15) is 39.5 Å². The Hall–Kier alpha value is -3.59. The van der Waals surface area contributed by atoms with Gasteiger partial charge in [0, 0.05) is 0 Å². The highest BCUT2D eigenvalue weighted by molar-refractivity contribution is 7.11. The van der Waals surface area contributed by atoms with Gasteiger partial charge < -0.3 is 0 Å². The Morgan fingerprint density at radius 3 is 0.737 bits per heavy atom. The highest BCUT2D eigenvalue weighted by atomic mass is 19.2. The lowest BCUT2D eigenvalue weighted by molar-refractivity contribution is 0.379. The third kappa shape index (κ3) is 3.83. The standard InChI is InChI=1S/C22H7BF15/c1-2-3-4-23(5-8(24)14(30)20(36)15(31)9(5)25,6-10(26)16(32)21(37)17(33)11(6)27)7-12(28)18(34)22(38)19(35)13(7)29/h2H,1,3-4H2/q-1. The van der Waals surface area contributed by atoms with Crippen LogP contribution in [0, 0.1) is 87.3 Å². The van der Waals surface area contributed by atoms with Crippen LogP contribution in [0.2, 0.25) is 6.32 Å². The van der Waals surface area contributed by atoms with Crippen molar-refractivity contribution >= 4 is 22.5 Å². The highest BCUT2D eigenvalue weighted by Gasteiger charge is 2.47. The van der Waals surface area contributed by atoms with Gasteiger partial charge in [0.15, 0.2) is 52.4 Å². The van der Waals surface area contributed by atoms with E-state index >= 15 is 26.3 Å². The van der Waals surface area contributed by atoms with Crippen molar-refractivity contribution in [1.29, 1.82) is 0 Å². The van der Waals surface area contributed by atoms with E-state index in [2.05, 4.69) is 6.58 Å². The Kier molecular flexibility index (Phi) is 7.58. The van der Waals surface area contributed by atoms with Gasteiger partial charge >= 0.3 is 0 Å². The van der Waals surface area contributed by atoms with Crippen molar-refractivity contribution in [3.63, 3.8) is 0 Å². The molecular formula is C22H7BF15-. The monoisotopic (exact) mass is 567 g/mol.